The molecule has 13 heteroatoms. The molecular weight excluding hydrogens is 651 g/mol. The van der Waals surface area contributed by atoms with Crippen molar-refractivity contribution >= 4 is 46.7 Å². The lowest BCUT2D eigenvalue weighted by atomic mass is 9.85. The molecule has 4 aromatic carbocycles. The van der Waals surface area contributed by atoms with Crippen LogP contribution in [0.1, 0.15) is 44.8 Å². The van der Waals surface area contributed by atoms with Crippen LogP contribution in [0.3, 0.4) is 0 Å². The predicted octanol–water partition coefficient (Wildman–Crippen LogP) is 5.18. The average molecular weight is 685 g/mol. The summed E-state index contributed by atoms with van der Waals surface area (Å²) in [6.07, 6.45) is 0.355. The highest BCUT2D eigenvalue weighted by Gasteiger charge is 2.38. The van der Waals surface area contributed by atoms with Crippen LogP contribution in [0, 0.1) is 5.82 Å². The Morgan fingerprint density at radius 2 is 1.57 bits per heavy atom. The monoisotopic (exact) mass is 684 g/mol. The van der Waals surface area contributed by atoms with Gasteiger partial charge in [0.2, 0.25) is 0 Å². The third-order valence-electron chi connectivity index (χ3n) is 8.35. The lowest BCUT2D eigenvalue weighted by Gasteiger charge is -2.38. The van der Waals surface area contributed by atoms with Crippen LogP contribution < -0.4 is 21.9 Å². The lowest BCUT2D eigenvalue weighted by Crippen LogP contribution is -2.48. The van der Waals surface area contributed by atoms with Gasteiger partial charge < -0.3 is 26.0 Å². The topological polar surface area (TPSA) is 162 Å². The minimum absolute atomic E-state index is 0.0292. The maximum atomic E-state index is 14.8. The molecule has 0 aliphatic carbocycles. The number of nitrogens with two attached hydrogens (primary N) is 2. The SMILES string of the molecule is C/C(=C(/N)C(=O)N1CCc2c(-c3ccc(C(=O)N(C)C)cc3)cccc2C1C(=O)Nc1ccc(C(=O)O)cc1)N(N)c1cccc(Cl)c1F. The highest BCUT2D eigenvalue weighted by Crippen LogP contribution is 2.38. The number of hydrogen-bond acceptors (Lipinski definition) is 7. The fourth-order valence-electron chi connectivity index (χ4n) is 5.70. The van der Waals surface area contributed by atoms with Gasteiger partial charge in [-0.25, -0.2) is 15.0 Å². The first-order chi connectivity index (χ1) is 23.3. The molecular formula is C36H34ClFN6O5. The number of nitrogens with one attached hydrogen (secondary N) is 1. The molecule has 1 aliphatic rings. The molecule has 1 heterocycles. The summed E-state index contributed by atoms with van der Waals surface area (Å²) in [7, 11) is 3.35. The summed E-state index contributed by atoms with van der Waals surface area (Å²) in [6.45, 7) is 1.54. The second-order valence-corrected chi connectivity index (χ2v) is 12.0. The molecule has 0 radical (unpaired) electrons. The van der Waals surface area contributed by atoms with Gasteiger partial charge in [-0.1, -0.05) is 48.0 Å². The van der Waals surface area contributed by atoms with Crippen LogP contribution in [0.2, 0.25) is 5.02 Å². The number of benzene rings is 4. The Morgan fingerprint density at radius 3 is 2.20 bits per heavy atom. The Kier molecular flexibility index (Phi) is 10.0. The molecule has 0 fully saturated rings. The molecule has 252 valence electrons. The van der Waals surface area contributed by atoms with E-state index in [1.165, 1.54) is 59.2 Å². The van der Waals surface area contributed by atoms with Crippen LogP contribution in [-0.2, 0) is 16.0 Å². The molecule has 0 aromatic heterocycles. The van der Waals surface area contributed by atoms with E-state index in [1.54, 1.807) is 38.4 Å². The molecule has 0 saturated carbocycles. The van der Waals surface area contributed by atoms with Gasteiger partial charge in [0.15, 0.2) is 5.82 Å². The Balaban J connectivity index is 1.55. The summed E-state index contributed by atoms with van der Waals surface area (Å²) in [4.78, 5) is 54.8. The van der Waals surface area contributed by atoms with Gasteiger partial charge in [-0.05, 0) is 84.1 Å². The van der Waals surface area contributed by atoms with E-state index in [4.69, 9.17) is 23.2 Å². The molecule has 1 aliphatic heterocycles. The summed E-state index contributed by atoms with van der Waals surface area (Å²) in [5.74, 6) is 2.86. The van der Waals surface area contributed by atoms with E-state index in [0.29, 0.717) is 23.2 Å². The lowest BCUT2D eigenvalue weighted by molar-refractivity contribution is -0.136. The van der Waals surface area contributed by atoms with Crippen molar-refractivity contribution in [3.63, 3.8) is 0 Å². The number of nitrogens with zero attached hydrogens (tertiary/aromatic N) is 3. The number of fused-ring (bicyclic) bond motifs is 1. The van der Waals surface area contributed by atoms with Crippen LogP contribution in [0.5, 0.6) is 0 Å². The van der Waals surface area contributed by atoms with Crippen molar-refractivity contribution in [2.75, 3.05) is 31.0 Å². The Morgan fingerprint density at radius 1 is 0.939 bits per heavy atom. The molecule has 1 atom stereocenters. The number of halogens is 2. The van der Waals surface area contributed by atoms with E-state index in [0.717, 1.165) is 21.7 Å². The second kappa shape index (κ2) is 14.2. The van der Waals surface area contributed by atoms with Gasteiger partial charge in [0, 0.05) is 31.9 Å². The molecule has 1 unspecified atom stereocenters. The predicted molar refractivity (Wildman–Crippen MR) is 185 cm³/mol. The molecule has 3 amide bonds. The van der Waals surface area contributed by atoms with Crippen molar-refractivity contribution in [1.29, 1.82) is 0 Å². The van der Waals surface area contributed by atoms with Gasteiger partial charge in [-0.2, -0.15) is 0 Å². The second-order valence-electron chi connectivity index (χ2n) is 11.6. The normalized spacial score (nSPS) is 14.3. The smallest absolute Gasteiger partial charge is 0.335 e. The van der Waals surface area contributed by atoms with Gasteiger partial charge in [-0.3, -0.25) is 19.4 Å². The third-order valence-corrected chi connectivity index (χ3v) is 8.64. The molecule has 0 saturated heterocycles. The number of allylic oxidation sites excluding steroid dienone is 1. The first-order valence-electron chi connectivity index (χ1n) is 15.1. The fourth-order valence-corrected chi connectivity index (χ4v) is 5.87. The van der Waals surface area contributed by atoms with Crippen molar-refractivity contribution in [2.45, 2.75) is 19.4 Å². The number of carbonyl (C=O) groups is 4. The number of anilines is 2. The maximum absolute atomic E-state index is 14.8. The first-order valence-corrected chi connectivity index (χ1v) is 15.5. The van der Waals surface area contributed by atoms with E-state index in [2.05, 4.69) is 5.32 Å². The van der Waals surface area contributed by atoms with Crippen LogP contribution in [0.15, 0.2) is 96.3 Å². The summed E-state index contributed by atoms with van der Waals surface area (Å²) < 4.78 is 14.8. The standard InChI is InChI=1S/C36H34ClFN6O5/c1-20(44(40)29-9-5-8-28(37)30(29)38)31(39)35(47)43-19-18-26-25(21-10-12-22(13-11-21)34(46)42(2)3)6-4-7-27(26)32(43)33(45)41-24-16-14-23(15-17-24)36(48)49/h4-17,32H,18-19,39-40H2,1-3H3,(H,41,45)(H,48,49)/b31-20-. The molecule has 4 aromatic rings. The van der Waals surface area contributed by atoms with E-state index < -0.39 is 29.6 Å². The average Bonchev–Trinajstić information content (AvgIpc) is 3.10. The third kappa shape index (κ3) is 6.96. The van der Waals surface area contributed by atoms with Crippen LogP contribution in [0.25, 0.3) is 11.1 Å². The summed E-state index contributed by atoms with van der Waals surface area (Å²) >= 11 is 5.94. The maximum Gasteiger partial charge on any atom is 0.335 e. The van der Waals surface area contributed by atoms with Gasteiger partial charge >= 0.3 is 5.97 Å². The number of rotatable bonds is 8. The van der Waals surface area contributed by atoms with Crippen LogP contribution in [0.4, 0.5) is 15.8 Å². The highest BCUT2D eigenvalue weighted by molar-refractivity contribution is 6.31. The number of carbonyl (C=O) groups excluding carboxylic acids is 3. The number of hydrogen-bond donors (Lipinski definition) is 4. The van der Waals surface area contributed by atoms with Crippen molar-refractivity contribution in [2.24, 2.45) is 11.6 Å². The number of carboxylic acids is 1. The van der Waals surface area contributed by atoms with E-state index >= 15 is 0 Å². The Bertz CT molecular complexity index is 1980. The van der Waals surface area contributed by atoms with Gasteiger partial charge in [0.1, 0.15) is 11.7 Å². The summed E-state index contributed by atoms with van der Waals surface area (Å²) in [6, 6.07) is 21.2. The zero-order valence-electron chi connectivity index (χ0n) is 26.9. The zero-order valence-corrected chi connectivity index (χ0v) is 27.7. The molecule has 0 bridgehead atoms. The van der Waals surface area contributed by atoms with Crippen molar-refractivity contribution < 1.29 is 28.7 Å². The number of aromatic carboxylic acids is 1. The number of amides is 3. The van der Waals surface area contributed by atoms with Crippen molar-refractivity contribution in [3.05, 3.63) is 129 Å². The van der Waals surface area contributed by atoms with Crippen LogP contribution >= 0.6 is 11.6 Å². The number of hydrazine groups is 1. The van der Waals surface area contributed by atoms with E-state index in [-0.39, 0.29) is 40.1 Å². The quantitative estimate of drug-likeness (QED) is 0.112. The minimum Gasteiger partial charge on any atom is -0.478 e. The largest absolute Gasteiger partial charge is 0.478 e. The zero-order chi connectivity index (χ0) is 35.6. The number of carboxylic acid groups (broad SMARTS) is 1. The molecule has 11 nitrogen and oxygen atoms in total. The van der Waals surface area contributed by atoms with Crippen LogP contribution in [-0.4, -0.2) is 59.2 Å². The Labute approximate surface area is 287 Å². The molecule has 6 N–H and O–H groups in total. The van der Waals surface area contributed by atoms with Crippen molar-refractivity contribution in [3.8, 4) is 11.1 Å². The highest BCUT2D eigenvalue weighted by atomic mass is 35.5. The van der Waals surface area contributed by atoms with E-state index in [9.17, 15) is 28.7 Å². The first kappa shape index (κ1) is 34.6. The van der Waals surface area contributed by atoms with Gasteiger partial charge in [-0.15, -0.1) is 0 Å². The molecule has 49 heavy (non-hydrogen) atoms. The fraction of sp³-hybridized carbons (Fsp3) is 0.167. The molecule has 0 spiro atoms. The van der Waals surface area contributed by atoms with Crippen molar-refractivity contribution in [1.82, 2.24) is 9.80 Å². The van der Waals surface area contributed by atoms with Gasteiger partial charge in [0.05, 0.1) is 22.0 Å². The van der Waals surface area contributed by atoms with Gasteiger partial charge in [0.25, 0.3) is 17.7 Å². The minimum atomic E-state index is -1.18. The Hall–Kier alpha value is -5.72. The molecule has 5 rings (SSSR count). The summed E-state index contributed by atoms with van der Waals surface area (Å²) in [5.41, 5.74) is 9.85. The summed E-state index contributed by atoms with van der Waals surface area (Å²) in [5, 5.41) is 12.8. The van der Waals surface area contributed by atoms with E-state index in [1.807, 2.05) is 18.2 Å².